The molecule has 1 amide bonds. The number of thiophene rings is 1. The van der Waals surface area contributed by atoms with E-state index >= 15 is 0 Å². The van der Waals surface area contributed by atoms with Gasteiger partial charge in [-0.15, -0.1) is 22.7 Å². The molecule has 1 saturated heterocycles. The molecule has 0 bridgehead atoms. The molecule has 0 aromatic carbocycles. The number of ether oxygens (including phenoxy) is 1. The molecule has 0 radical (unpaired) electrons. The Bertz CT molecular complexity index is 929. The molecule has 2 aromatic heterocycles. The first kappa shape index (κ1) is 19.9. The van der Waals surface area contributed by atoms with Crippen LogP contribution in [-0.4, -0.2) is 49.3 Å². The van der Waals surface area contributed by atoms with Crippen LogP contribution in [0.15, 0.2) is 21.7 Å². The monoisotopic (exact) mass is 429 g/mol. The Kier molecular flexibility index (Phi) is 6.25. The van der Waals surface area contributed by atoms with Gasteiger partial charge in [0.25, 0.3) is 5.91 Å². The van der Waals surface area contributed by atoms with Crippen molar-refractivity contribution in [2.24, 2.45) is 0 Å². The predicted octanol–water partition coefficient (Wildman–Crippen LogP) is 2.81. The van der Waals surface area contributed by atoms with Crippen molar-refractivity contribution in [3.63, 3.8) is 0 Å². The number of sulfonamides is 1. The normalized spacial score (nSPS) is 15.4. The third-order valence-electron chi connectivity index (χ3n) is 3.98. The Hall–Kier alpha value is -1.82. The molecule has 0 unspecified atom stereocenters. The summed E-state index contributed by atoms with van der Waals surface area (Å²) in [6, 6.07) is 1.45. The largest absolute Gasteiger partial charge is 0.461 e. The zero-order chi connectivity index (χ0) is 19.4. The summed E-state index contributed by atoms with van der Waals surface area (Å²) in [6.07, 6.45) is 2.65. The molecule has 0 aliphatic carbocycles. The standard InChI is InChI=1S/C16H19N3O5S3/c1-2-24-15(21)11-10-26-16(17-11)18-14(20)13-12(6-9-25-13)27(22,23)19-7-4-3-5-8-19/h6,9-10H,2-5,7-8H2,1H3,(H,17,18,20). The lowest BCUT2D eigenvalue weighted by atomic mass is 10.2. The van der Waals surface area contributed by atoms with Gasteiger partial charge in [0, 0.05) is 18.5 Å². The lowest BCUT2D eigenvalue weighted by molar-refractivity contribution is 0.0520. The molecule has 1 aliphatic heterocycles. The van der Waals surface area contributed by atoms with Crippen LogP contribution in [0.2, 0.25) is 0 Å². The van der Waals surface area contributed by atoms with Gasteiger partial charge in [-0.05, 0) is 31.2 Å². The minimum Gasteiger partial charge on any atom is -0.461 e. The summed E-state index contributed by atoms with van der Waals surface area (Å²) in [5.41, 5.74) is 0.101. The highest BCUT2D eigenvalue weighted by molar-refractivity contribution is 7.89. The van der Waals surface area contributed by atoms with Crippen molar-refractivity contribution in [3.8, 4) is 0 Å². The van der Waals surface area contributed by atoms with Crippen molar-refractivity contribution in [2.75, 3.05) is 25.0 Å². The van der Waals surface area contributed by atoms with Crippen LogP contribution in [0.1, 0.15) is 46.3 Å². The number of carbonyl (C=O) groups excluding carboxylic acids is 2. The number of aromatic nitrogens is 1. The first-order valence-electron chi connectivity index (χ1n) is 8.45. The molecule has 11 heteroatoms. The Morgan fingerprint density at radius 3 is 2.70 bits per heavy atom. The number of amides is 1. The van der Waals surface area contributed by atoms with E-state index in [2.05, 4.69) is 10.3 Å². The van der Waals surface area contributed by atoms with Gasteiger partial charge in [0.15, 0.2) is 10.8 Å². The quantitative estimate of drug-likeness (QED) is 0.708. The van der Waals surface area contributed by atoms with E-state index in [-0.39, 0.29) is 27.2 Å². The van der Waals surface area contributed by atoms with Crippen molar-refractivity contribution in [2.45, 2.75) is 31.1 Å². The van der Waals surface area contributed by atoms with Crippen molar-refractivity contribution in [1.29, 1.82) is 0 Å². The van der Waals surface area contributed by atoms with E-state index in [9.17, 15) is 18.0 Å². The number of anilines is 1. The summed E-state index contributed by atoms with van der Waals surface area (Å²) < 4.78 is 32.0. The van der Waals surface area contributed by atoms with Gasteiger partial charge in [-0.25, -0.2) is 18.2 Å². The molecule has 1 N–H and O–H groups in total. The van der Waals surface area contributed by atoms with Crippen LogP contribution in [0.4, 0.5) is 5.13 Å². The fourth-order valence-corrected chi connectivity index (χ4v) is 6.18. The molecule has 3 rings (SSSR count). The highest BCUT2D eigenvalue weighted by atomic mass is 32.2. The minimum absolute atomic E-state index is 0.00840. The molecular formula is C16H19N3O5S3. The number of carbonyl (C=O) groups is 2. The molecule has 1 fully saturated rings. The van der Waals surface area contributed by atoms with Gasteiger partial charge in [0.1, 0.15) is 9.77 Å². The zero-order valence-corrected chi connectivity index (χ0v) is 17.1. The maximum Gasteiger partial charge on any atom is 0.357 e. The molecule has 8 nitrogen and oxygen atoms in total. The third-order valence-corrected chi connectivity index (χ3v) is 7.72. The van der Waals surface area contributed by atoms with Gasteiger partial charge in [0.05, 0.1) is 6.61 Å². The summed E-state index contributed by atoms with van der Waals surface area (Å²) in [4.78, 5) is 28.4. The highest BCUT2D eigenvalue weighted by Gasteiger charge is 2.31. The Morgan fingerprint density at radius 2 is 2.00 bits per heavy atom. The van der Waals surface area contributed by atoms with Crippen LogP contribution >= 0.6 is 22.7 Å². The molecule has 1 aliphatic rings. The zero-order valence-electron chi connectivity index (χ0n) is 14.6. The fourth-order valence-electron chi connectivity index (χ4n) is 2.69. The van der Waals surface area contributed by atoms with E-state index < -0.39 is 21.9 Å². The number of hydrogen-bond acceptors (Lipinski definition) is 8. The number of thiazole rings is 1. The molecule has 27 heavy (non-hydrogen) atoms. The fraction of sp³-hybridized carbons (Fsp3) is 0.438. The summed E-state index contributed by atoms with van der Waals surface area (Å²) in [7, 11) is -3.71. The smallest absolute Gasteiger partial charge is 0.357 e. The van der Waals surface area contributed by atoms with Crippen LogP contribution in [0, 0.1) is 0 Å². The minimum atomic E-state index is -3.71. The number of piperidine rings is 1. The number of nitrogens with zero attached hydrogens (tertiary/aromatic N) is 2. The van der Waals surface area contributed by atoms with Gasteiger partial charge in [-0.1, -0.05) is 6.42 Å². The second-order valence-electron chi connectivity index (χ2n) is 5.79. The summed E-state index contributed by atoms with van der Waals surface area (Å²) >= 11 is 2.13. The topological polar surface area (TPSA) is 106 Å². The van der Waals surface area contributed by atoms with Crippen LogP contribution in [0.3, 0.4) is 0 Å². The Morgan fingerprint density at radius 1 is 1.26 bits per heavy atom. The average molecular weight is 430 g/mol. The predicted molar refractivity (Wildman–Crippen MR) is 103 cm³/mol. The summed E-state index contributed by atoms with van der Waals surface area (Å²) in [6.45, 7) is 2.85. The maximum atomic E-state index is 12.9. The van der Waals surface area contributed by atoms with Crippen molar-refractivity contribution in [1.82, 2.24) is 9.29 Å². The second-order valence-corrected chi connectivity index (χ2v) is 9.47. The Balaban J connectivity index is 1.77. The van der Waals surface area contributed by atoms with E-state index in [1.165, 1.54) is 15.8 Å². The molecular weight excluding hydrogens is 410 g/mol. The number of rotatable bonds is 6. The number of nitrogens with one attached hydrogen (secondary N) is 1. The van der Waals surface area contributed by atoms with Crippen LogP contribution < -0.4 is 5.32 Å². The van der Waals surface area contributed by atoms with Crippen molar-refractivity contribution < 1.29 is 22.7 Å². The number of hydrogen-bond donors (Lipinski definition) is 1. The Labute approximate surface area is 165 Å². The van der Waals surface area contributed by atoms with Gasteiger partial charge in [-0.2, -0.15) is 4.31 Å². The van der Waals surface area contributed by atoms with Crippen molar-refractivity contribution >= 4 is 49.7 Å². The first-order chi connectivity index (χ1) is 12.9. The molecule has 146 valence electrons. The van der Waals surface area contributed by atoms with E-state index in [1.807, 2.05) is 0 Å². The van der Waals surface area contributed by atoms with Gasteiger partial charge in [-0.3, -0.25) is 10.1 Å². The van der Waals surface area contributed by atoms with Crippen LogP contribution in [0.5, 0.6) is 0 Å². The third kappa shape index (κ3) is 4.37. The second kappa shape index (κ2) is 8.46. The van der Waals surface area contributed by atoms with Gasteiger partial charge in [0.2, 0.25) is 10.0 Å². The van der Waals surface area contributed by atoms with Crippen molar-refractivity contribution in [3.05, 3.63) is 27.4 Å². The lowest BCUT2D eigenvalue weighted by Gasteiger charge is -2.25. The van der Waals surface area contributed by atoms with E-state index in [0.29, 0.717) is 13.1 Å². The molecule has 0 atom stereocenters. The maximum absolute atomic E-state index is 12.9. The number of esters is 1. The van der Waals surface area contributed by atoms with E-state index in [0.717, 1.165) is 41.9 Å². The van der Waals surface area contributed by atoms with Crippen LogP contribution in [0.25, 0.3) is 0 Å². The van der Waals surface area contributed by atoms with Gasteiger partial charge < -0.3 is 4.74 Å². The van der Waals surface area contributed by atoms with E-state index in [1.54, 1.807) is 12.3 Å². The first-order valence-corrected chi connectivity index (χ1v) is 11.6. The molecule has 2 aromatic rings. The summed E-state index contributed by atoms with van der Waals surface area (Å²) in [5, 5.41) is 5.83. The molecule has 3 heterocycles. The average Bonchev–Trinajstić information content (AvgIpc) is 3.32. The molecule has 0 spiro atoms. The van der Waals surface area contributed by atoms with Gasteiger partial charge >= 0.3 is 5.97 Å². The lowest BCUT2D eigenvalue weighted by Crippen LogP contribution is -2.36. The van der Waals surface area contributed by atoms with E-state index in [4.69, 9.17) is 4.74 Å². The van der Waals surface area contributed by atoms with Crippen LogP contribution in [-0.2, 0) is 14.8 Å². The summed E-state index contributed by atoms with van der Waals surface area (Å²) in [5.74, 6) is -1.14. The highest BCUT2D eigenvalue weighted by Crippen LogP contribution is 2.28. The molecule has 0 saturated carbocycles. The SMILES string of the molecule is CCOC(=O)c1csc(NC(=O)c2sccc2S(=O)(=O)N2CCCCC2)n1.